The molecule has 0 radical (unpaired) electrons. The maximum absolute atomic E-state index is 12.7. The predicted octanol–water partition coefficient (Wildman–Crippen LogP) is 4.56. The molecule has 3 heterocycles. The number of hydrogen-bond acceptors (Lipinski definition) is 5. The third-order valence-corrected chi connectivity index (χ3v) is 5.30. The zero-order valence-electron chi connectivity index (χ0n) is 18.0. The van der Waals surface area contributed by atoms with Gasteiger partial charge in [0.1, 0.15) is 23.5 Å². The minimum absolute atomic E-state index is 0.200. The van der Waals surface area contributed by atoms with Crippen LogP contribution in [-0.4, -0.2) is 30.6 Å². The van der Waals surface area contributed by atoms with Crippen LogP contribution in [-0.2, 0) is 5.54 Å². The van der Waals surface area contributed by atoms with E-state index in [-0.39, 0.29) is 11.4 Å². The normalized spacial score (nSPS) is 11.8. The summed E-state index contributed by atoms with van der Waals surface area (Å²) >= 11 is 0. The molecule has 8 heteroatoms. The second kappa shape index (κ2) is 7.19. The number of H-pyrrole nitrogens is 1. The van der Waals surface area contributed by atoms with E-state index >= 15 is 0 Å². The fraction of sp³-hybridized carbons (Fsp3) is 0.167. The molecular formula is C24H23N7O. The van der Waals surface area contributed by atoms with Gasteiger partial charge in [0.15, 0.2) is 5.65 Å². The lowest BCUT2D eigenvalue weighted by Crippen LogP contribution is -2.23. The quantitative estimate of drug-likeness (QED) is 0.392. The van der Waals surface area contributed by atoms with E-state index in [2.05, 4.69) is 41.0 Å². The molecule has 32 heavy (non-hydrogen) atoms. The molecule has 0 saturated heterocycles. The lowest BCUT2D eigenvalue weighted by Gasteiger charge is -2.19. The van der Waals surface area contributed by atoms with Gasteiger partial charge in [0, 0.05) is 22.2 Å². The van der Waals surface area contributed by atoms with Crippen LogP contribution >= 0.6 is 0 Å². The van der Waals surface area contributed by atoms with E-state index in [9.17, 15) is 4.79 Å². The largest absolute Gasteiger partial charge is 0.383 e. The van der Waals surface area contributed by atoms with E-state index in [1.165, 1.54) is 6.33 Å². The Balaban J connectivity index is 1.58. The van der Waals surface area contributed by atoms with Gasteiger partial charge < -0.3 is 16.0 Å². The van der Waals surface area contributed by atoms with Crippen molar-refractivity contribution in [2.45, 2.75) is 26.3 Å². The lowest BCUT2D eigenvalue weighted by molar-refractivity contribution is 0.102. The standard InChI is InChI=1S/C24H23N7O/c1-24(2,3)31-22-19(21(25)26-13-27-22)20(30-31)15-10-9-14-11-18(29-17(14)12-15)23(32)28-16-7-5-4-6-8-16/h4-13,29H,1-3H3,(H,28,32)(H2,25,26,27). The Labute approximate surface area is 184 Å². The molecule has 2 aromatic carbocycles. The van der Waals surface area contributed by atoms with Gasteiger partial charge in [-0.25, -0.2) is 14.6 Å². The van der Waals surface area contributed by atoms with Gasteiger partial charge in [-0.1, -0.05) is 30.3 Å². The van der Waals surface area contributed by atoms with Crippen LogP contribution in [0.15, 0.2) is 60.9 Å². The molecule has 0 aliphatic heterocycles. The highest BCUT2D eigenvalue weighted by atomic mass is 16.1. The minimum Gasteiger partial charge on any atom is -0.383 e. The van der Waals surface area contributed by atoms with Gasteiger partial charge in [0.05, 0.1) is 10.9 Å². The smallest absolute Gasteiger partial charge is 0.272 e. The molecular weight excluding hydrogens is 402 g/mol. The van der Waals surface area contributed by atoms with E-state index in [0.29, 0.717) is 22.9 Å². The average molecular weight is 425 g/mol. The highest BCUT2D eigenvalue weighted by Crippen LogP contribution is 2.34. The molecule has 0 atom stereocenters. The molecule has 160 valence electrons. The van der Waals surface area contributed by atoms with Crippen LogP contribution in [0.25, 0.3) is 33.2 Å². The highest BCUT2D eigenvalue weighted by Gasteiger charge is 2.24. The van der Waals surface area contributed by atoms with Gasteiger partial charge in [0.2, 0.25) is 0 Å². The number of amides is 1. The SMILES string of the molecule is CC(C)(C)n1nc(-c2ccc3cc(C(=O)Nc4ccccc4)[nH]c3c2)c2c(N)ncnc21. The third kappa shape index (κ3) is 3.35. The highest BCUT2D eigenvalue weighted by molar-refractivity contribution is 6.06. The summed E-state index contributed by atoms with van der Waals surface area (Å²) in [7, 11) is 0. The average Bonchev–Trinajstić information content (AvgIpc) is 3.36. The number of fused-ring (bicyclic) bond motifs is 2. The number of nitrogens with zero attached hydrogens (tertiary/aromatic N) is 4. The Morgan fingerprint density at radius 3 is 2.59 bits per heavy atom. The van der Waals surface area contributed by atoms with Crippen molar-refractivity contribution in [3.63, 3.8) is 0 Å². The van der Waals surface area contributed by atoms with Gasteiger partial charge in [-0.05, 0) is 45.0 Å². The Kier molecular flexibility index (Phi) is 4.44. The lowest BCUT2D eigenvalue weighted by atomic mass is 10.1. The summed E-state index contributed by atoms with van der Waals surface area (Å²) < 4.78 is 1.87. The van der Waals surface area contributed by atoms with Crippen molar-refractivity contribution >= 4 is 39.3 Å². The number of anilines is 2. The number of hydrogen-bond donors (Lipinski definition) is 3. The third-order valence-electron chi connectivity index (χ3n) is 5.30. The number of carbonyl (C=O) groups is 1. The van der Waals surface area contributed by atoms with Gasteiger partial charge in [-0.2, -0.15) is 5.10 Å². The van der Waals surface area contributed by atoms with Crippen LogP contribution in [0.2, 0.25) is 0 Å². The number of benzene rings is 2. The van der Waals surface area contributed by atoms with Crippen LogP contribution in [0.1, 0.15) is 31.3 Å². The van der Waals surface area contributed by atoms with Crippen molar-refractivity contribution < 1.29 is 4.79 Å². The van der Waals surface area contributed by atoms with Crippen LogP contribution < -0.4 is 11.1 Å². The van der Waals surface area contributed by atoms with E-state index < -0.39 is 0 Å². The number of para-hydroxylation sites is 1. The Bertz CT molecular complexity index is 1460. The number of carbonyl (C=O) groups excluding carboxylic acids is 1. The van der Waals surface area contributed by atoms with Crippen molar-refractivity contribution in [1.82, 2.24) is 24.7 Å². The summed E-state index contributed by atoms with van der Waals surface area (Å²) in [5.41, 5.74) is 10.2. The van der Waals surface area contributed by atoms with Gasteiger partial charge in [0.25, 0.3) is 5.91 Å². The summed E-state index contributed by atoms with van der Waals surface area (Å²) in [4.78, 5) is 24.5. The first-order chi connectivity index (χ1) is 15.3. The molecule has 1 amide bonds. The number of nitrogens with one attached hydrogen (secondary N) is 2. The number of rotatable bonds is 3. The maximum atomic E-state index is 12.7. The summed E-state index contributed by atoms with van der Waals surface area (Å²) in [6.07, 6.45) is 1.46. The van der Waals surface area contributed by atoms with E-state index in [1.807, 2.05) is 59.3 Å². The maximum Gasteiger partial charge on any atom is 0.272 e. The van der Waals surface area contributed by atoms with Crippen molar-refractivity contribution in [3.05, 3.63) is 66.6 Å². The number of aromatic nitrogens is 5. The molecule has 0 saturated carbocycles. The monoisotopic (exact) mass is 425 g/mol. The van der Waals surface area contributed by atoms with Crippen molar-refractivity contribution in [2.75, 3.05) is 11.1 Å². The molecule has 3 aromatic heterocycles. The summed E-state index contributed by atoms with van der Waals surface area (Å²) in [5.74, 6) is 0.184. The second-order valence-electron chi connectivity index (χ2n) is 8.69. The van der Waals surface area contributed by atoms with E-state index in [1.54, 1.807) is 0 Å². The van der Waals surface area contributed by atoms with Crippen molar-refractivity contribution in [2.24, 2.45) is 0 Å². The predicted molar refractivity (Wildman–Crippen MR) is 126 cm³/mol. The van der Waals surface area contributed by atoms with Gasteiger partial charge >= 0.3 is 0 Å². The Morgan fingerprint density at radius 2 is 1.84 bits per heavy atom. The zero-order valence-corrected chi connectivity index (χ0v) is 18.0. The number of nitrogen functional groups attached to an aromatic ring is 1. The fourth-order valence-electron chi connectivity index (χ4n) is 3.76. The molecule has 0 unspecified atom stereocenters. The minimum atomic E-state index is -0.281. The topological polar surface area (TPSA) is 115 Å². The van der Waals surface area contributed by atoms with Crippen molar-refractivity contribution in [3.8, 4) is 11.3 Å². The molecule has 0 aliphatic rings. The molecule has 0 fully saturated rings. The van der Waals surface area contributed by atoms with E-state index in [0.717, 1.165) is 27.5 Å². The fourth-order valence-corrected chi connectivity index (χ4v) is 3.76. The first-order valence-electron chi connectivity index (χ1n) is 10.3. The molecule has 0 aliphatic carbocycles. The molecule has 0 bridgehead atoms. The molecule has 5 rings (SSSR count). The first kappa shape index (κ1) is 19.7. The van der Waals surface area contributed by atoms with Gasteiger partial charge in [-0.3, -0.25) is 4.79 Å². The van der Waals surface area contributed by atoms with Crippen LogP contribution in [0, 0.1) is 0 Å². The Morgan fingerprint density at radius 1 is 1.06 bits per heavy atom. The number of aromatic amines is 1. The summed E-state index contributed by atoms with van der Waals surface area (Å²) in [6.45, 7) is 6.19. The van der Waals surface area contributed by atoms with Crippen LogP contribution in [0.3, 0.4) is 0 Å². The van der Waals surface area contributed by atoms with E-state index in [4.69, 9.17) is 10.8 Å². The summed E-state index contributed by atoms with van der Waals surface area (Å²) in [6, 6.07) is 17.1. The van der Waals surface area contributed by atoms with Crippen LogP contribution in [0.5, 0.6) is 0 Å². The Hall–Kier alpha value is -4.20. The second-order valence-corrected chi connectivity index (χ2v) is 8.69. The van der Waals surface area contributed by atoms with Crippen LogP contribution in [0.4, 0.5) is 11.5 Å². The molecule has 0 spiro atoms. The summed E-state index contributed by atoms with van der Waals surface area (Å²) in [5, 5.41) is 9.38. The zero-order chi connectivity index (χ0) is 22.5. The first-order valence-corrected chi connectivity index (χ1v) is 10.3. The molecule has 8 nitrogen and oxygen atoms in total. The molecule has 4 N–H and O–H groups in total. The van der Waals surface area contributed by atoms with Gasteiger partial charge in [-0.15, -0.1) is 0 Å². The molecule has 5 aromatic rings. The number of nitrogens with two attached hydrogens (primary N) is 1. The van der Waals surface area contributed by atoms with Crippen molar-refractivity contribution in [1.29, 1.82) is 0 Å².